The van der Waals surface area contributed by atoms with Gasteiger partial charge in [0, 0.05) is 28.1 Å². The van der Waals surface area contributed by atoms with Gasteiger partial charge in [0.05, 0.1) is 0 Å². The van der Waals surface area contributed by atoms with Crippen molar-refractivity contribution in [3.8, 4) is 0 Å². The highest BCUT2D eigenvalue weighted by atomic mass is 79.9. The second-order valence-electron chi connectivity index (χ2n) is 4.10. The minimum Gasteiger partial charge on any atom is -0.348 e. The Labute approximate surface area is 105 Å². The van der Waals surface area contributed by atoms with E-state index in [0.717, 1.165) is 17.4 Å². The van der Waals surface area contributed by atoms with Crippen LogP contribution in [0.5, 0.6) is 0 Å². The first kappa shape index (κ1) is 11.7. The van der Waals surface area contributed by atoms with Crippen molar-refractivity contribution in [2.45, 2.75) is 12.8 Å². The summed E-state index contributed by atoms with van der Waals surface area (Å²) >= 11 is 3.51. The van der Waals surface area contributed by atoms with Crippen LogP contribution in [-0.2, 0) is 13.5 Å². The fraction of sp³-hybridized carbons (Fsp3) is 0.385. The average Bonchev–Trinajstić information content (AvgIpc) is 2.56. The minimum absolute atomic E-state index is 1.07. The molecule has 1 heterocycles. The van der Waals surface area contributed by atoms with E-state index in [9.17, 15) is 0 Å². The Bertz CT molecular complexity index is 488. The van der Waals surface area contributed by atoms with Gasteiger partial charge in [-0.2, -0.15) is 0 Å². The molecule has 16 heavy (non-hydrogen) atoms. The Hall–Kier alpha value is -0.800. The molecule has 1 N–H and O–H groups in total. The molecule has 3 heteroatoms. The van der Waals surface area contributed by atoms with Gasteiger partial charge >= 0.3 is 0 Å². The summed E-state index contributed by atoms with van der Waals surface area (Å²) in [5, 5.41) is 4.50. The van der Waals surface area contributed by atoms with Crippen molar-refractivity contribution in [2.24, 2.45) is 7.05 Å². The van der Waals surface area contributed by atoms with Gasteiger partial charge in [0.1, 0.15) is 0 Å². The van der Waals surface area contributed by atoms with Crippen LogP contribution >= 0.6 is 15.9 Å². The van der Waals surface area contributed by atoms with Gasteiger partial charge in [-0.25, -0.2) is 0 Å². The van der Waals surface area contributed by atoms with Gasteiger partial charge in [0.25, 0.3) is 0 Å². The van der Waals surface area contributed by atoms with Gasteiger partial charge in [-0.15, -0.1) is 0 Å². The maximum absolute atomic E-state index is 3.51. The van der Waals surface area contributed by atoms with E-state index in [0.29, 0.717) is 0 Å². The first-order valence-corrected chi connectivity index (χ1v) is 6.40. The molecule has 0 saturated carbocycles. The lowest BCUT2D eigenvalue weighted by molar-refractivity contribution is 0.699. The van der Waals surface area contributed by atoms with Gasteiger partial charge in [-0.3, -0.25) is 0 Å². The normalized spacial score (nSPS) is 11.2. The van der Waals surface area contributed by atoms with Crippen LogP contribution in [0.1, 0.15) is 12.1 Å². The van der Waals surface area contributed by atoms with Crippen molar-refractivity contribution in [2.75, 3.05) is 13.6 Å². The van der Waals surface area contributed by atoms with Crippen LogP contribution in [0.15, 0.2) is 28.7 Å². The molecule has 2 nitrogen and oxygen atoms in total. The number of benzene rings is 1. The van der Waals surface area contributed by atoms with Crippen LogP contribution in [0.4, 0.5) is 0 Å². The van der Waals surface area contributed by atoms with Gasteiger partial charge in [-0.1, -0.05) is 15.9 Å². The van der Waals surface area contributed by atoms with Crippen molar-refractivity contribution in [3.05, 3.63) is 34.4 Å². The molecule has 1 aromatic carbocycles. The van der Waals surface area contributed by atoms with Crippen molar-refractivity contribution in [1.82, 2.24) is 9.88 Å². The second-order valence-corrected chi connectivity index (χ2v) is 5.02. The molecule has 0 fully saturated rings. The SMILES string of the molecule is CNCCCc1cc2cc(Br)ccc2n1C. The van der Waals surface area contributed by atoms with E-state index in [2.05, 4.69) is 57.1 Å². The first-order chi connectivity index (χ1) is 7.72. The van der Waals surface area contributed by atoms with Crippen molar-refractivity contribution in [1.29, 1.82) is 0 Å². The molecule has 2 aromatic rings. The zero-order valence-corrected chi connectivity index (χ0v) is 11.3. The van der Waals surface area contributed by atoms with Gasteiger partial charge < -0.3 is 9.88 Å². The highest BCUT2D eigenvalue weighted by molar-refractivity contribution is 9.10. The molecule has 0 aliphatic carbocycles. The van der Waals surface area contributed by atoms with Crippen molar-refractivity contribution >= 4 is 26.8 Å². The number of aromatic nitrogens is 1. The number of rotatable bonds is 4. The Balaban J connectivity index is 2.29. The lowest BCUT2D eigenvalue weighted by Gasteiger charge is -2.03. The third-order valence-electron chi connectivity index (χ3n) is 2.96. The van der Waals surface area contributed by atoms with E-state index in [-0.39, 0.29) is 0 Å². The van der Waals surface area contributed by atoms with Crippen LogP contribution in [0, 0.1) is 0 Å². The number of halogens is 1. The number of hydrogen-bond donors (Lipinski definition) is 1. The summed E-state index contributed by atoms with van der Waals surface area (Å²) in [6.45, 7) is 1.07. The lowest BCUT2D eigenvalue weighted by atomic mass is 10.2. The predicted molar refractivity (Wildman–Crippen MR) is 72.9 cm³/mol. The van der Waals surface area contributed by atoms with Crippen molar-refractivity contribution in [3.63, 3.8) is 0 Å². The van der Waals surface area contributed by atoms with E-state index >= 15 is 0 Å². The molecule has 2 rings (SSSR count). The van der Waals surface area contributed by atoms with E-state index in [1.54, 1.807) is 0 Å². The molecule has 0 bridgehead atoms. The molecule has 0 saturated heterocycles. The summed E-state index contributed by atoms with van der Waals surface area (Å²) in [6.07, 6.45) is 2.31. The number of fused-ring (bicyclic) bond motifs is 1. The van der Waals surface area contributed by atoms with Gasteiger partial charge in [0.15, 0.2) is 0 Å². The molecule has 0 aliphatic rings. The fourth-order valence-corrected chi connectivity index (χ4v) is 2.44. The van der Waals surface area contributed by atoms with Crippen LogP contribution in [-0.4, -0.2) is 18.2 Å². The zero-order chi connectivity index (χ0) is 11.5. The Morgan fingerprint density at radius 1 is 1.31 bits per heavy atom. The highest BCUT2D eigenvalue weighted by Crippen LogP contribution is 2.23. The van der Waals surface area contributed by atoms with E-state index in [1.807, 2.05) is 7.05 Å². The minimum atomic E-state index is 1.07. The number of aryl methyl sites for hydroxylation is 2. The van der Waals surface area contributed by atoms with Crippen LogP contribution in [0.3, 0.4) is 0 Å². The molecular formula is C13H17BrN2. The van der Waals surface area contributed by atoms with E-state index in [1.165, 1.54) is 23.0 Å². The summed E-state index contributed by atoms with van der Waals surface area (Å²) in [4.78, 5) is 0. The highest BCUT2D eigenvalue weighted by Gasteiger charge is 2.05. The predicted octanol–water partition coefficient (Wildman–Crippen LogP) is 3.09. The van der Waals surface area contributed by atoms with Gasteiger partial charge in [-0.05, 0) is 50.7 Å². The average molecular weight is 281 g/mol. The van der Waals surface area contributed by atoms with Crippen LogP contribution < -0.4 is 5.32 Å². The first-order valence-electron chi connectivity index (χ1n) is 5.61. The van der Waals surface area contributed by atoms with Crippen molar-refractivity contribution < 1.29 is 0 Å². The fourth-order valence-electron chi connectivity index (χ4n) is 2.06. The largest absolute Gasteiger partial charge is 0.348 e. The van der Waals surface area contributed by atoms with E-state index < -0.39 is 0 Å². The van der Waals surface area contributed by atoms with Crippen LogP contribution in [0.2, 0.25) is 0 Å². The smallest absolute Gasteiger partial charge is 0.0480 e. The molecule has 0 atom stereocenters. The summed E-state index contributed by atoms with van der Waals surface area (Å²) in [7, 11) is 4.14. The number of nitrogens with zero attached hydrogens (tertiary/aromatic N) is 1. The third-order valence-corrected chi connectivity index (χ3v) is 3.46. The quantitative estimate of drug-likeness (QED) is 0.852. The Kier molecular flexibility index (Phi) is 3.66. The standard InChI is InChI=1S/C13H17BrN2/c1-15-7-3-4-12-9-10-8-11(14)5-6-13(10)16(12)2/h5-6,8-9,15H,3-4,7H2,1-2H3. The maximum Gasteiger partial charge on any atom is 0.0480 e. The molecular weight excluding hydrogens is 264 g/mol. The summed E-state index contributed by atoms with van der Waals surface area (Å²) < 4.78 is 3.43. The monoisotopic (exact) mass is 280 g/mol. The van der Waals surface area contributed by atoms with E-state index in [4.69, 9.17) is 0 Å². The maximum atomic E-state index is 3.51. The molecule has 0 spiro atoms. The Morgan fingerprint density at radius 2 is 2.12 bits per heavy atom. The van der Waals surface area contributed by atoms with Crippen LogP contribution in [0.25, 0.3) is 10.9 Å². The second kappa shape index (κ2) is 5.02. The third kappa shape index (κ3) is 2.30. The molecule has 0 amide bonds. The zero-order valence-electron chi connectivity index (χ0n) is 9.76. The Morgan fingerprint density at radius 3 is 2.88 bits per heavy atom. The molecule has 1 aromatic heterocycles. The lowest BCUT2D eigenvalue weighted by Crippen LogP contribution is -2.09. The summed E-state index contributed by atoms with van der Waals surface area (Å²) in [6, 6.07) is 8.73. The molecule has 0 unspecified atom stereocenters. The number of nitrogens with one attached hydrogen (secondary N) is 1. The molecule has 0 radical (unpaired) electrons. The molecule has 86 valence electrons. The van der Waals surface area contributed by atoms with Gasteiger partial charge in [0.2, 0.25) is 0 Å². The number of hydrogen-bond acceptors (Lipinski definition) is 1. The topological polar surface area (TPSA) is 17.0 Å². The molecule has 0 aliphatic heterocycles. The summed E-state index contributed by atoms with van der Waals surface area (Å²) in [5.74, 6) is 0. The summed E-state index contributed by atoms with van der Waals surface area (Å²) in [5.41, 5.74) is 2.71.